The quantitative estimate of drug-likeness (QED) is 0.128. The Morgan fingerprint density at radius 2 is 1.84 bits per heavy atom. The standard InChI is InChI=1S/C31H34N4O8/c1-20-30(3,28(37)38)27(24-5-4-6-25(17-24)35(41)42)31(29(39)40,21(2)33-20)13-16-43-26(36)12-11-22-7-9-23(10-8-22)18-34-15-14-32-19-34/h4-12,14-15,17,19-21,27,33H,13,16,18H2,1-3H3,(H,37,38)(H,39,40). The fraction of sp³-hybridized carbons (Fsp3) is 0.355. The van der Waals surface area contributed by atoms with Gasteiger partial charge in [0, 0.05) is 55.1 Å². The highest BCUT2D eigenvalue weighted by Gasteiger charge is 2.65. The largest absolute Gasteiger partial charge is 0.481 e. The number of carboxylic acids is 2. The first-order valence-electron chi connectivity index (χ1n) is 13.8. The van der Waals surface area contributed by atoms with Crippen molar-refractivity contribution < 1.29 is 34.3 Å². The van der Waals surface area contributed by atoms with Gasteiger partial charge in [0.15, 0.2) is 0 Å². The fourth-order valence-electron chi connectivity index (χ4n) is 6.14. The average Bonchev–Trinajstić information content (AvgIpc) is 3.48. The van der Waals surface area contributed by atoms with Crippen LogP contribution in [0.5, 0.6) is 0 Å². The number of non-ortho nitro benzene ring substituents is 1. The maximum Gasteiger partial charge on any atom is 0.330 e. The Kier molecular flexibility index (Phi) is 9.10. The molecule has 0 saturated carbocycles. The van der Waals surface area contributed by atoms with Gasteiger partial charge in [0.2, 0.25) is 0 Å². The molecule has 5 atom stereocenters. The first-order valence-corrected chi connectivity index (χ1v) is 13.8. The molecule has 1 aliphatic heterocycles. The van der Waals surface area contributed by atoms with Crippen molar-refractivity contribution in [2.45, 2.75) is 51.7 Å². The molecule has 2 heterocycles. The summed E-state index contributed by atoms with van der Waals surface area (Å²) in [5.74, 6) is -4.44. The maximum absolute atomic E-state index is 13.1. The minimum absolute atomic E-state index is 0.212. The number of nitrogens with zero attached hydrogens (tertiary/aromatic N) is 3. The van der Waals surface area contributed by atoms with Crippen molar-refractivity contribution in [2.75, 3.05) is 6.61 Å². The molecule has 5 unspecified atom stereocenters. The second kappa shape index (κ2) is 12.6. The van der Waals surface area contributed by atoms with E-state index in [4.69, 9.17) is 4.74 Å². The number of piperidine rings is 1. The van der Waals surface area contributed by atoms with Crippen molar-refractivity contribution in [1.82, 2.24) is 14.9 Å². The van der Waals surface area contributed by atoms with Crippen molar-refractivity contribution in [3.63, 3.8) is 0 Å². The Balaban J connectivity index is 1.55. The number of benzene rings is 2. The number of nitro groups is 1. The summed E-state index contributed by atoms with van der Waals surface area (Å²) in [6.45, 7) is 5.06. The molecule has 1 aromatic heterocycles. The van der Waals surface area contributed by atoms with Gasteiger partial charge >= 0.3 is 17.9 Å². The maximum atomic E-state index is 13.1. The molecule has 1 fully saturated rings. The van der Waals surface area contributed by atoms with E-state index < -0.39 is 51.7 Å². The van der Waals surface area contributed by atoms with Crippen LogP contribution in [0.2, 0.25) is 0 Å². The van der Waals surface area contributed by atoms with Crippen LogP contribution in [0, 0.1) is 20.9 Å². The lowest BCUT2D eigenvalue weighted by Gasteiger charge is -2.56. The SMILES string of the molecule is CC1NC(C)C(CCOC(=O)C=Cc2ccc(Cn3ccnc3)cc2)(C(=O)O)C(c2cccc([N+](=O)[O-])c2)C1(C)C(=O)O. The summed E-state index contributed by atoms with van der Waals surface area (Å²) in [6.07, 6.45) is 7.86. The van der Waals surface area contributed by atoms with E-state index >= 15 is 0 Å². The van der Waals surface area contributed by atoms with Crippen LogP contribution in [-0.2, 0) is 25.7 Å². The Labute approximate surface area is 248 Å². The first kappa shape index (κ1) is 31.1. The highest BCUT2D eigenvalue weighted by atomic mass is 16.6. The van der Waals surface area contributed by atoms with Crippen LogP contribution in [0.3, 0.4) is 0 Å². The van der Waals surface area contributed by atoms with Gasteiger partial charge in [-0.3, -0.25) is 19.7 Å². The zero-order valence-corrected chi connectivity index (χ0v) is 24.0. The molecule has 2 aromatic carbocycles. The van der Waals surface area contributed by atoms with E-state index in [2.05, 4.69) is 10.3 Å². The molecule has 1 aliphatic rings. The molecule has 3 N–H and O–H groups in total. The highest BCUT2D eigenvalue weighted by Crippen LogP contribution is 2.57. The molecule has 0 spiro atoms. The lowest BCUT2D eigenvalue weighted by Crippen LogP contribution is -2.69. The van der Waals surface area contributed by atoms with E-state index in [0.29, 0.717) is 6.54 Å². The molecule has 43 heavy (non-hydrogen) atoms. The van der Waals surface area contributed by atoms with Gasteiger partial charge in [-0.15, -0.1) is 0 Å². The Hall–Kier alpha value is -4.84. The van der Waals surface area contributed by atoms with Gasteiger partial charge in [-0.1, -0.05) is 36.4 Å². The Bertz CT molecular complexity index is 1520. The van der Waals surface area contributed by atoms with Gasteiger partial charge in [-0.2, -0.15) is 0 Å². The predicted molar refractivity (Wildman–Crippen MR) is 156 cm³/mol. The van der Waals surface area contributed by atoms with Gasteiger partial charge in [0.1, 0.15) is 0 Å². The normalized spacial score (nSPS) is 25.3. The molecule has 0 aliphatic carbocycles. The van der Waals surface area contributed by atoms with Gasteiger partial charge < -0.3 is 24.8 Å². The molecule has 226 valence electrons. The molecular formula is C31H34N4O8. The minimum atomic E-state index is -1.79. The van der Waals surface area contributed by atoms with E-state index in [1.165, 1.54) is 37.3 Å². The fourth-order valence-corrected chi connectivity index (χ4v) is 6.14. The number of nitro benzene ring substituents is 1. The molecule has 0 radical (unpaired) electrons. The number of carbonyl (C=O) groups is 3. The molecule has 12 heteroatoms. The molecule has 3 aromatic rings. The van der Waals surface area contributed by atoms with E-state index in [-0.39, 0.29) is 24.3 Å². The molecule has 4 rings (SSSR count). The number of hydrogen-bond donors (Lipinski definition) is 3. The number of rotatable bonds is 11. The Morgan fingerprint density at radius 3 is 2.44 bits per heavy atom. The summed E-state index contributed by atoms with van der Waals surface area (Å²) in [5, 5.41) is 35.7. The molecule has 0 bridgehead atoms. The van der Waals surface area contributed by atoms with Crippen LogP contribution < -0.4 is 5.32 Å². The van der Waals surface area contributed by atoms with Crippen LogP contribution in [0.25, 0.3) is 6.08 Å². The number of aromatic nitrogens is 2. The molecule has 12 nitrogen and oxygen atoms in total. The van der Waals surface area contributed by atoms with Gasteiger partial charge in [0.25, 0.3) is 5.69 Å². The summed E-state index contributed by atoms with van der Waals surface area (Å²) in [6, 6.07) is 11.5. The predicted octanol–water partition coefficient (Wildman–Crippen LogP) is 4.11. The monoisotopic (exact) mass is 590 g/mol. The van der Waals surface area contributed by atoms with Crippen LogP contribution in [-0.4, -0.2) is 61.3 Å². The molecule has 1 saturated heterocycles. The summed E-state index contributed by atoms with van der Waals surface area (Å²) in [7, 11) is 0. The number of carboxylic acid groups (broad SMARTS) is 2. The van der Waals surface area contributed by atoms with Gasteiger partial charge in [-0.05, 0) is 50.0 Å². The lowest BCUT2D eigenvalue weighted by atomic mass is 9.51. The summed E-state index contributed by atoms with van der Waals surface area (Å²) in [4.78, 5) is 53.4. The first-order chi connectivity index (χ1) is 20.4. The lowest BCUT2D eigenvalue weighted by molar-refractivity contribution is -0.385. The summed E-state index contributed by atoms with van der Waals surface area (Å²) >= 11 is 0. The third kappa shape index (κ3) is 6.19. The number of nitrogens with one attached hydrogen (secondary N) is 1. The van der Waals surface area contributed by atoms with Gasteiger partial charge in [0.05, 0.1) is 28.7 Å². The number of esters is 1. The van der Waals surface area contributed by atoms with E-state index in [1.807, 2.05) is 35.0 Å². The zero-order chi connectivity index (χ0) is 31.4. The Morgan fingerprint density at radius 1 is 1.12 bits per heavy atom. The smallest absolute Gasteiger partial charge is 0.330 e. The average molecular weight is 591 g/mol. The van der Waals surface area contributed by atoms with Crippen molar-refractivity contribution in [2.24, 2.45) is 10.8 Å². The third-order valence-corrected chi connectivity index (χ3v) is 8.64. The number of hydrogen-bond acceptors (Lipinski definition) is 8. The summed E-state index contributed by atoms with van der Waals surface area (Å²) < 4.78 is 7.33. The number of carbonyl (C=O) groups excluding carboxylic acids is 1. The summed E-state index contributed by atoms with van der Waals surface area (Å²) in [5.41, 5.74) is -1.72. The van der Waals surface area contributed by atoms with Crippen molar-refractivity contribution in [3.05, 3.63) is 100 Å². The van der Waals surface area contributed by atoms with E-state index in [0.717, 1.165) is 11.1 Å². The second-order valence-electron chi connectivity index (χ2n) is 11.1. The topological polar surface area (TPSA) is 174 Å². The van der Waals surface area contributed by atoms with Crippen LogP contribution in [0.4, 0.5) is 5.69 Å². The van der Waals surface area contributed by atoms with Crippen molar-refractivity contribution in [1.29, 1.82) is 0 Å². The highest BCUT2D eigenvalue weighted by molar-refractivity contribution is 5.87. The van der Waals surface area contributed by atoms with E-state index in [9.17, 15) is 34.7 Å². The van der Waals surface area contributed by atoms with E-state index in [1.54, 1.807) is 32.4 Å². The van der Waals surface area contributed by atoms with Crippen LogP contribution in [0.1, 0.15) is 49.8 Å². The second-order valence-corrected chi connectivity index (χ2v) is 11.1. The van der Waals surface area contributed by atoms with Crippen molar-refractivity contribution >= 4 is 29.7 Å². The van der Waals surface area contributed by atoms with Crippen molar-refractivity contribution in [3.8, 4) is 0 Å². The minimum Gasteiger partial charge on any atom is -0.481 e. The molecular weight excluding hydrogens is 556 g/mol. The number of imidazole rings is 1. The van der Waals surface area contributed by atoms with Crippen LogP contribution >= 0.6 is 0 Å². The van der Waals surface area contributed by atoms with Gasteiger partial charge in [-0.25, -0.2) is 9.78 Å². The number of ether oxygens (including phenoxy) is 1. The zero-order valence-electron chi connectivity index (χ0n) is 24.0. The number of aliphatic carboxylic acids is 2. The third-order valence-electron chi connectivity index (χ3n) is 8.64. The van der Waals surface area contributed by atoms with Crippen LogP contribution in [0.15, 0.2) is 73.3 Å². The molecule has 0 amide bonds.